The van der Waals surface area contributed by atoms with Gasteiger partial charge >= 0.3 is 6.03 Å². The minimum absolute atomic E-state index is 0.00649. The number of urea groups is 1. The number of rotatable bonds is 1. The van der Waals surface area contributed by atoms with Crippen molar-refractivity contribution in [2.75, 3.05) is 16.0 Å². The zero-order valence-electron chi connectivity index (χ0n) is 13.6. The molecule has 24 heavy (non-hydrogen) atoms. The lowest BCUT2D eigenvalue weighted by atomic mass is 9.80. The van der Waals surface area contributed by atoms with E-state index in [4.69, 9.17) is 17.3 Å². The molecule has 0 bridgehead atoms. The van der Waals surface area contributed by atoms with Crippen LogP contribution in [0.25, 0.3) is 0 Å². The van der Waals surface area contributed by atoms with E-state index in [1.54, 1.807) is 23.2 Å². The molecule has 3 N–H and O–H groups in total. The van der Waals surface area contributed by atoms with E-state index in [0.29, 0.717) is 16.5 Å². The maximum atomic E-state index is 13.5. The first-order valence-corrected chi connectivity index (χ1v) is 7.87. The molecule has 1 unspecified atom stereocenters. The Labute approximate surface area is 144 Å². The van der Waals surface area contributed by atoms with Gasteiger partial charge < -0.3 is 11.1 Å². The number of anilines is 3. The van der Waals surface area contributed by atoms with Gasteiger partial charge in [0.05, 0.1) is 17.4 Å². The average molecular weight is 349 g/mol. The fourth-order valence-corrected chi connectivity index (χ4v) is 3.16. The van der Waals surface area contributed by atoms with Crippen LogP contribution in [0, 0.1) is 11.2 Å². The normalized spacial score (nSPS) is 17.5. The number of carbonyl (C=O) groups excluding carboxylic acids is 1. The molecule has 7 heteroatoms. The van der Waals surface area contributed by atoms with Gasteiger partial charge in [-0.15, -0.1) is 0 Å². The molecule has 1 aliphatic heterocycles. The van der Waals surface area contributed by atoms with E-state index in [1.807, 2.05) is 20.8 Å². The van der Waals surface area contributed by atoms with Crippen LogP contribution in [0.1, 0.15) is 32.4 Å². The number of nitrogen functional groups attached to an aromatic ring is 1. The number of aromatic nitrogens is 1. The Morgan fingerprint density at radius 2 is 2.04 bits per heavy atom. The standard InChI is InChI=1S/C17H18ClFN4O/c1-17(2,3)15-10-8-21-14(18)7-13(10)22-16(24)23(15)9-4-5-11(19)12(20)6-9/h4-8,15H,20H2,1-3H3,(H,22,24). The van der Waals surface area contributed by atoms with Gasteiger partial charge in [0.25, 0.3) is 0 Å². The van der Waals surface area contributed by atoms with Gasteiger partial charge in [-0.3, -0.25) is 4.90 Å². The molecule has 1 aromatic carbocycles. The molecule has 0 fully saturated rings. The molecule has 2 aromatic rings. The summed E-state index contributed by atoms with van der Waals surface area (Å²) in [5, 5.41) is 3.12. The second-order valence-corrected chi connectivity index (χ2v) is 7.26. The van der Waals surface area contributed by atoms with Crippen molar-refractivity contribution in [3.8, 4) is 0 Å². The molecule has 0 aliphatic carbocycles. The number of fused-ring (bicyclic) bond motifs is 1. The zero-order valence-corrected chi connectivity index (χ0v) is 14.4. The van der Waals surface area contributed by atoms with E-state index in [2.05, 4.69) is 10.3 Å². The number of pyridine rings is 1. The fourth-order valence-electron chi connectivity index (χ4n) is 3.00. The van der Waals surface area contributed by atoms with Crippen molar-refractivity contribution in [1.29, 1.82) is 0 Å². The first-order chi connectivity index (χ1) is 11.2. The lowest BCUT2D eigenvalue weighted by Gasteiger charge is -2.44. The summed E-state index contributed by atoms with van der Waals surface area (Å²) in [7, 11) is 0. The molecular formula is C17H18ClFN4O. The van der Waals surface area contributed by atoms with Crippen LogP contribution in [0.5, 0.6) is 0 Å². The smallest absolute Gasteiger partial charge is 0.326 e. The number of nitrogens with two attached hydrogens (primary N) is 1. The van der Waals surface area contributed by atoms with Crippen LogP contribution in [0.4, 0.5) is 26.2 Å². The fraction of sp³-hybridized carbons (Fsp3) is 0.294. The Morgan fingerprint density at radius 3 is 2.67 bits per heavy atom. The number of halogens is 2. The van der Waals surface area contributed by atoms with Gasteiger partial charge in [-0.05, 0) is 29.7 Å². The van der Waals surface area contributed by atoms with E-state index in [1.165, 1.54) is 12.1 Å². The maximum Gasteiger partial charge on any atom is 0.326 e. The van der Waals surface area contributed by atoms with Crippen molar-refractivity contribution >= 4 is 34.7 Å². The predicted octanol–water partition coefficient (Wildman–Crippen LogP) is 4.60. The highest BCUT2D eigenvalue weighted by molar-refractivity contribution is 6.29. The predicted molar refractivity (Wildman–Crippen MR) is 93.8 cm³/mol. The van der Waals surface area contributed by atoms with Gasteiger partial charge in [-0.2, -0.15) is 0 Å². The minimum Gasteiger partial charge on any atom is -0.396 e. The van der Waals surface area contributed by atoms with Crippen molar-refractivity contribution in [3.63, 3.8) is 0 Å². The van der Waals surface area contributed by atoms with E-state index in [0.717, 1.165) is 5.56 Å². The van der Waals surface area contributed by atoms with Crippen LogP contribution in [0.15, 0.2) is 30.5 Å². The molecule has 3 rings (SSSR count). The van der Waals surface area contributed by atoms with Crippen molar-refractivity contribution in [3.05, 3.63) is 47.0 Å². The molecule has 1 aromatic heterocycles. The Balaban J connectivity index is 2.18. The molecule has 1 atom stereocenters. The summed E-state index contributed by atoms with van der Waals surface area (Å²) in [6.07, 6.45) is 1.66. The third kappa shape index (κ3) is 2.78. The zero-order chi connectivity index (χ0) is 17.6. The Morgan fingerprint density at radius 1 is 1.33 bits per heavy atom. The summed E-state index contributed by atoms with van der Waals surface area (Å²) in [6, 6.07) is 5.25. The Bertz CT molecular complexity index is 819. The summed E-state index contributed by atoms with van der Waals surface area (Å²) in [5.74, 6) is -0.516. The Kier molecular flexibility index (Phi) is 3.87. The second-order valence-electron chi connectivity index (χ2n) is 6.87. The van der Waals surface area contributed by atoms with E-state index >= 15 is 0 Å². The van der Waals surface area contributed by atoms with Crippen LogP contribution in [-0.4, -0.2) is 11.0 Å². The van der Waals surface area contributed by atoms with Crippen LogP contribution in [0.2, 0.25) is 5.15 Å². The van der Waals surface area contributed by atoms with Gasteiger partial charge in [-0.1, -0.05) is 32.4 Å². The number of carbonyl (C=O) groups is 1. The number of nitrogens with one attached hydrogen (secondary N) is 1. The number of nitrogens with zero attached hydrogens (tertiary/aromatic N) is 2. The van der Waals surface area contributed by atoms with E-state index in [-0.39, 0.29) is 23.2 Å². The molecule has 0 spiro atoms. The summed E-state index contributed by atoms with van der Waals surface area (Å²) in [5.41, 5.74) is 7.36. The molecule has 2 amide bonds. The molecule has 0 radical (unpaired) electrons. The summed E-state index contributed by atoms with van der Waals surface area (Å²) < 4.78 is 13.5. The number of hydrogen-bond donors (Lipinski definition) is 2. The Hall–Kier alpha value is -2.34. The maximum absolute atomic E-state index is 13.5. The summed E-state index contributed by atoms with van der Waals surface area (Å²) in [6.45, 7) is 6.07. The van der Waals surface area contributed by atoms with Crippen LogP contribution in [0.3, 0.4) is 0 Å². The first kappa shape index (κ1) is 16.5. The first-order valence-electron chi connectivity index (χ1n) is 7.49. The SMILES string of the molecule is CC(C)(C)C1c2cnc(Cl)cc2NC(=O)N1c1ccc(F)c(N)c1. The van der Waals surface area contributed by atoms with Crippen molar-refractivity contribution in [2.24, 2.45) is 5.41 Å². The highest BCUT2D eigenvalue weighted by atomic mass is 35.5. The van der Waals surface area contributed by atoms with E-state index in [9.17, 15) is 9.18 Å². The van der Waals surface area contributed by atoms with Gasteiger partial charge in [0.2, 0.25) is 0 Å². The molecule has 1 aliphatic rings. The summed E-state index contributed by atoms with van der Waals surface area (Å²) >= 11 is 5.94. The molecule has 0 saturated carbocycles. The third-order valence-electron chi connectivity index (χ3n) is 3.99. The molecule has 5 nitrogen and oxygen atoms in total. The average Bonchev–Trinajstić information content (AvgIpc) is 2.47. The highest BCUT2D eigenvalue weighted by Crippen LogP contribution is 2.46. The molecular weight excluding hydrogens is 331 g/mol. The quantitative estimate of drug-likeness (QED) is 0.584. The lowest BCUT2D eigenvalue weighted by molar-refractivity contribution is 0.240. The van der Waals surface area contributed by atoms with Crippen molar-refractivity contribution in [1.82, 2.24) is 4.98 Å². The van der Waals surface area contributed by atoms with Crippen molar-refractivity contribution < 1.29 is 9.18 Å². The van der Waals surface area contributed by atoms with Crippen molar-refractivity contribution in [2.45, 2.75) is 26.8 Å². The van der Waals surface area contributed by atoms with Crippen LogP contribution < -0.4 is 16.0 Å². The number of benzene rings is 1. The lowest BCUT2D eigenvalue weighted by Crippen LogP contribution is -2.47. The van der Waals surface area contributed by atoms with Gasteiger partial charge in [-0.25, -0.2) is 14.2 Å². The molecule has 126 valence electrons. The number of hydrogen-bond acceptors (Lipinski definition) is 3. The highest BCUT2D eigenvalue weighted by Gasteiger charge is 2.41. The topological polar surface area (TPSA) is 71.2 Å². The summed E-state index contributed by atoms with van der Waals surface area (Å²) in [4.78, 5) is 18.5. The van der Waals surface area contributed by atoms with Gasteiger partial charge in [0.1, 0.15) is 11.0 Å². The minimum atomic E-state index is -0.516. The van der Waals surface area contributed by atoms with Crippen LogP contribution in [-0.2, 0) is 0 Å². The van der Waals surface area contributed by atoms with Gasteiger partial charge in [0.15, 0.2) is 0 Å². The second kappa shape index (κ2) is 5.63. The van der Waals surface area contributed by atoms with E-state index < -0.39 is 5.82 Å². The third-order valence-corrected chi connectivity index (χ3v) is 4.20. The van der Waals surface area contributed by atoms with Gasteiger partial charge in [0, 0.05) is 17.4 Å². The monoisotopic (exact) mass is 348 g/mol. The van der Waals surface area contributed by atoms with Crippen LogP contribution >= 0.6 is 11.6 Å². The molecule has 0 saturated heterocycles. The largest absolute Gasteiger partial charge is 0.396 e. The number of amides is 2. The molecule has 2 heterocycles.